The van der Waals surface area contributed by atoms with Gasteiger partial charge in [0.1, 0.15) is 17.2 Å². The SMILES string of the molecule is Cc1nc2ccc(F)cn2c1N=Nc1ccc(OCC(C)C)cc1. The van der Waals surface area contributed by atoms with Gasteiger partial charge in [0.05, 0.1) is 18.0 Å². The zero-order valence-electron chi connectivity index (χ0n) is 13.9. The first kappa shape index (κ1) is 16.1. The van der Waals surface area contributed by atoms with Crippen LogP contribution in [0.2, 0.25) is 0 Å². The maximum atomic E-state index is 13.4. The van der Waals surface area contributed by atoms with Gasteiger partial charge in [-0.1, -0.05) is 13.8 Å². The fraction of sp³-hybridized carbons (Fsp3) is 0.278. The Kier molecular flexibility index (Phi) is 4.55. The van der Waals surface area contributed by atoms with Crippen LogP contribution in [0.1, 0.15) is 19.5 Å². The van der Waals surface area contributed by atoms with Crippen LogP contribution in [0.3, 0.4) is 0 Å². The fourth-order valence-corrected chi connectivity index (χ4v) is 2.22. The Bertz CT molecular complexity index is 869. The highest BCUT2D eigenvalue weighted by Crippen LogP contribution is 2.25. The molecule has 0 radical (unpaired) electrons. The summed E-state index contributed by atoms with van der Waals surface area (Å²) in [6.07, 6.45) is 1.35. The van der Waals surface area contributed by atoms with Gasteiger partial charge in [0.25, 0.3) is 0 Å². The number of halogens is 1. The van der Waals surface area contributed by atoms with E-state index in [0.29, 0.717) is 35.4 Å². The maximum Gasteiger partial charge on any atom is 0.182 e. The molecular formula is C18H19FN4O. The second-order valence-corrected chi connectivity index (χ2v) is 6.00. The van der Waals surface area contributed by atoms with Crippen LogP contribution in [0, 0.1) is 18.7 Å². The minimum absolute atomic E-state index is 0.344. The van der Waals surface area contributed by atoms with Crippen LogP contribution in [0.15, 0.2) is 52.8 Å². The molecule has 6 heteroatoms. The number of hydrogen-bond acceptors (Lipinski definition) is 4. The van der Waals surface area contributed by atoms with E-state index < -0.39 is 0 Å². The van der Waals surface area contributed by atoms with Crippen molar-refractivity contribution in [3.05, 3.63) is 54.1 Å². The van der Waals surface area contributed by atoms with Crippen molar-refractivity contribution in [1.29, 1.82) is 0 Å². The third-order valence-corrected chi connectivity index (χ3v) is 3.41. The number of nitrogens with zero attached hydrogens (tertiary/aromatic N) is 4. The molecule has 0 aliphatic rings. The number of hydrogen-bond donors (Lipinski definition) is 0. The van der Waals surface area contributed by atoms with Gasteiger partial charge in [-0.2, -0.15) is 0 Å². The lowest BCUT2D eigenvalue weighted by Crippen LogP contribution is -2.03. The quantitative estimate of drug-likeness (QED) is 0.603. The van der Waals surface area contributed by atoms with Crippen molar-refractivity contribution in [2.75, 3.05) is 6.61 Å². The average molecular weight is 326 g/mol. The van der Waals surface area contributed by atoms with E-state index in [2.05, 4.69) is 29.1 Å². The minimum atomic E-state index is -0.344. The number of pyridine rings is 1. The van der Waals surface area contributed by atoms with Crippen molar-refractivity contribution in [3.63, 3.8) is 0 Å². The molecule has 0 atom stereocenters. The third-order valence-electron chi connectivity index (χ3n) is 3.41. The second-order valence-electron chi connectivity index (χ2n) is 6.00. The van der Waals surface area contributed by atoms with E-state index in [0.717, 1.165) is 5.75 Å². The van der Waals surface area contributed by atoms with Crippen molar-refractivity contribution in [2.24, 2.45) is 16.1 Å². The number of fused-ring (bicyclic) bond motifs is 1. The lowest BCUT2D eigenvalue weighted by atomic mass is 10.2. The molecule has 0 amide bonds. The van der Waals surface area contributed by atoms with E-state index in [1.165, 1.54) is 12.3 Å². The van der Waals surface area contributed by atoms with Gasteiger partial charge in [-0.3, -0.25) is 4.40 Å². The molecule has 0 saturated carbocycles. The summed E-state index contributed by atoms with van der Waals surface area (Å²) in [7, 11) is 0. The fourth-order valence-electron chi connectivity index (χ4n) is 2.22. The van der Waals surface area contributed by atoms with Gasteiger partial charge in [-0.05, 0) is 49.2 Å². The van der Waals surface area contributed by atoms with E-state index in [-0.39, 0.29) is 5.82 Å². The number of benzene rings is 1. The smallest absolute Gasteiger partial charge is 0.182 e. The topological polar surface area (TPSA) is 51.2 Å². The van der Waals surface area contributed by atoms with Crippen LogP contribution < -0.4 is 4.74 Å². The molecule has 0 fully saturated rings. The number of imidazole rings is 1. The molecule has 2 aromatic heterocycles. The molecule has 1 aromatic carbocycles. The first-order chi connectivity index (χ1) is 11.5. The lowest BCUT2D eigenvalue weighted by molar-refractivity contribution is 0.271. The van der Waals surface area contributed by atoms with E-state index >= 15 is 0 Å². The van der Waals surface area contributed by atoms with Crippen LogP contribution in [0.4, 0.5) is 15.9 Å². The lowest BCUT2D eigenvalue weighted by Gasteiger charge is -2.08. The summed E-state index contributed by atoms with van der Waals surface area (Å²) in [4.78, 5) is 4.34. The summed E-state index contributed by atoms with van der Waals surface area (Å²) in [6.45, 7) is 6.70. The molecule has 5 nitrogen and oxygen atoms in total. The van der Waals surface area contributed by atoms with E-state index in [1.54, 1.807) is 10.5 Å². The molecule has 0 aliphatic carbocycles. The van der Waals surface area contributed by atoms with Gasteiger partial charge in [0.2, 0.25) is 0 Å². The zero-order chi connectivity index (χ0) is 17.1. The van der Waals surface area contributed by atoms with Gasteiger partial charge in [0, 0.05) is 6.20 Å². The first-order valence-corrected chi connectivity index (χ1v) is 7.82. The monoisotopic (exact) mass is 326 g/mol. The van der Waals surface area contributed by atoms with Crippen molar-refractivity contribution in [3.8, 4) is 5.75 Å². The molecule has 2 heterocycles. The van der Waals surface area contributed by atoms with Gasteiger partial charge in [-0.15, -0.1) is 10.2 Å². The molecule has 24 heavy (non-hydrogen) atoms. The van der Waals surface area contributed by atoms with Gasteiger partial charge < -0.3 is 4.74 Å². The number of aryl methyl sites for hydroxylation is 1. The summed E-state index contributed by atoms with van der Waals surface area (Å²) in [5.41, 5.74) is 2.03. The third kappa shape index (κ3) is 3.59. The standard InChI is InChI=1S/C18H19FN4O/c1-12(2)11-24-16-7-5-15(6-8-16)21-22-18-13(3)20-17-9-4-14(19)10-23(17)18/h4-10,12H,11H2,1-3H3. The number of azo groups is 1. The normalized spacial score (nSPS) is 11.7. The Morgan fingerprint density at radius 2 is 1.88 bits per heavy atom. The molecule has 124 valence electrons. The Morgan fingerprint density at radius 1 is 1.12 bits per heavy atom. The van der Waals surface area contributed by atoms with Crippen LogP contribution >= 0.6 is 0 Å². The van der Waals surface area contributed by atoms with Crippen LogP contribution in [-0.2, 0) is 0 Å². The summed E-state index contributed by atoms with van der Waals surface area (Å²) < 4.78 is 20.7. The molecule has 3 rings (SSSR count). The van der Waals surface area contributed by atoms with Crippen molar-refractivity contribution in [1.82, 2.24) is 9.38 Å². The highest BCUT2D eigenvalue weighted by Gasteiger charge is 2.08. The predicted octanol–water partition coefficient (Wildman–Crippen LogP) is 5.23. The molecule has 0 N–H and O–H groups in total. The largest absolute Gasteiger partial charge is 0.493 e. The second kappa shape index (κ2) is 6.78. The Balaban J connectivity index is 1.81. The summed E-state index contributed by atoms with van der Waals surface area (Å²) in [5.74, 6) is 1.45. The van der Waals surface area contributed by atoms with E-state index in [4.69, 9.17) is 4.74 Å². The minimum Gasteiger partial charge on any atom is -0.493 e. The summed E-state index contributed by atoms with van der Waals surface area (Å²) >= 11 is 0. The van der Waals surface area contributed by atoms with Gasteiger partial charge in [-0.25, -0.2) is 9.37 Å². The predicted molar refractivity (Wildman–Crippen MR) is 90.8 cm³/mol. The highest BCUT2D eigenvalue weighted by atomic mass is 19.1. The van der Waals surface area contributed by atoms with E-state index in [9.17, 15) is 4.39 Å². The van der Waals surface area contributed by atoms with Crippen molar-refractivity contribution >= 4 is 17.2 Å². The highest BCUT2D eigenvalue weighted by molar-refractivity contribution is 5.52. The molecular weight excluding hydrogens is 307 g/mol. The summed E-state index contributed by atoms with van der Waals surface area (Å²) in [5, 5.41) is 8.44. The Labute approximate surface area is 139 Å². The van der Waals surface area contributed by atoms with Gasteiger partial charge in [0.15, 0.2) is 5.82 Å². The number of ether oxygens (including phenoxy) is 1. The molecule has 3 aromatic rings. The molecule has 0 saturated heterocycles. The molecule has 0 unspecified atom stereocenters. The van der Waals surface area contributed by atoms with E-state index in [1.807, 2.05) is 31.2 Å². The first-order valence-electron chi connectivity index (χ1n) is 7.82. The molecule has 0 spiro atoms. The van der Waals surface area contributed by atoms with Crippen LogP contribution in [-0.4, -0.2) is 16.0 Å². The molecule has 0 bridgehead atoms. The Hall–Kier alpha value is -2.76. The maximum absolute atomic E-state index is 13.4. The summed E-state index contributed by atoms with van der Waals surface area (Å²) in [6, 6.07) is 10.4. The number of rotatable bonds is 5. The van der Waals surface area contributed by atoms with Crippen LogP contribution in [0.5, 0.6) is 5.75 Å². The van der Waals surface area contributed by atoms with Crippen LogP contribution in [0.25, 0.3) is 5.65 Å². The Morgan fingerprint density at radius 3 is 2.58 bits per heavy atom. The van der Waals surface area contributed by atoms with Crippen molar-refractivity contribution in [2.45, 2.75) is 20.8 Å². The zero-order valence-corrected chi connectivity index (χ0v) is 13.9. The average Bonchev–Trinajstić information content (AvgIpc) is 2.86. The van der Waals surface area contributed by atoms with Gasteiger partial charge >= 0.3 is 0 Å². The molecule has 0 aliphatic heterocycles. The number of aromatic nitrogens is 2. The van der Waals surface area contributed by atoms with Crippen molar-refractivity contribution < 1.29 is 9.13 Å².